The lowest BCUT2D eigenvalue weighted by Crippen LogP contribution is -2.32. The normalized spacial score (nSPS) is 13.5. The first-order valence-corrected chi connectivity index (χ1v) is 17.9. The molecule has 3 nitrogen and oxygen atoms in total. The number of anilines is 6. The topological polar surface area (TPSA) is 15.7 Å². The standard InChI is InChI=1S/C49H36N2O/c1-49(2)41-24-11-12-25-44(41)51-45-30-27-38(32-46(45)52-48-40(28-29-42(49)47(48)51)35-17-7-4-8-18-35)50(43-26-14-20-34-19-9-10-23-39(34)43)37-22-13-21-36(31-37)33-15-5-3-6-16-33/h3-32H,1-2H3. The van der Waals surface area contributed by atoms with E-state index in [0.717, 1.165) is 51.1 Å². The van der Waals surface area contributed by atoms with Crippen molar-refractivity contribution >= 4 is 44.9 Å². The van der Waals surface area contributed by atoms with Crippen LogP contribution < -0.4 is 14.5 Å². The number of hydrogen-bond donors (Lipinski definition) is 0. The van der Waals surface area contributed by atoms with Crippen molar-refractivity contribution in [2.75, 3.05) is 9.80 Å². The minimum absolute atomic E-state index is 0.206. The molecule has 0 unspecified atom stereocenters. The number of rotatable bonds is 5. The van der Waals surface area contributed by atoms with Crippen LogP contribution >= 0.6 is 0 Å². The Hall–Kier alpha value is -6.58. The Morgan fingerprint density at radius 3 is 2.02 bits per heavy atom. The fourth-order valence-electron chi connectivity index (χ4n) is 8.26. The highest BCUT2D eigenvalue weighted by Gasteiger charge is 2.42. The van der Waals surface area contributed by atoms with Crippen molar-refractivity contribution in [3.8, 4) is 33.8 Å². The Kier molecular flexibility index (Phi) is 6.84. The molecule has 0 spiro atoms. The highest BCUT2D eigenvalue weighted by Crippen LogP contribution is 2.62. The summed E-state index contributed by atoms with van der Waals surface area (Å²) in [4.78, 5) is 4.80. The molecule has 0 radical (unpaired) electrons. The maximum Gasteiger partial charge on any atom is 0.159 e. The van der Waals surface area contributed by atoms with E-state index in [-0.39, 0.29) is 5.41 Å². The van der Waals surface area contributed by atoms with Crippen LogP contribution in [0.3, 0.4) is 0 Å². The number of para-hydroxylation sites is 1. The molecule has 3 heteroatoms. The van der Waals surface area contributed by atoms with Crippen molar-refractivity contribution in [3.05, 3.63) is 193 Å². The van der Waals surface area contributed by atoms with Gasteiger partial charge in [-0.05, 0) is 69.6 Å². The maximum absolute atomic E-state index is 7.19. The van der Waals surface area contributed by atoms with Gasteiger partial charge in [0.1, 0.15) is 0 Å². The first-order valence-electron chi connectivity index (χ1n) is 17.9. The van der Waals surface area contributed by atoms with Crippen molar-refractivity contribution in [3.63, 3.8) is 0 Å². The minimum atomic E-state index is -0.206. The van der Waals surface area contributed by atoms with Crippen molar-refractivity contribution in [2.24, 2.45) is 0 Å². The smallest absolute Gasteiger partial charge is 0.159 e. The third kappa shape index (κ3) is 4.66. The molecule has 248 valence electrons. The molecule has 2 aliphatic rings. The molecule has 2 aliphatic heterocycles. The largest absolute Gasteiger partial charge is 0.452 e. The summed E-state index contributed by atoms with van der Waals surface area (Å²) in [6, 6.07) is 65.2. The summed E-state index contributed by atoms with van der Waals surface area (Å²) < 4.78 is 7.19. The molecule has 0 N–H and O–H groups in total. The highest BCUT2D eigenvalue weighted by molar-refractivity contribution is 6.01. The molecular formula is C49H36N2O. The van der Waals surface area contributed by atoms with E-state index in [1.807, 2.05) is 0 Å². The van der Waals surface area contributed by atoms with Crippen LogP contribution in [0.25, 0.3) is 33.0 Å². The predicted molar refractivity (Wildman–Crippen MR) is 216 cm³/mol. The quantitative estimate of drug-likeness (QED) is 0.182. The van der Waals surface area contributed by atoms with Crippen LogP contribution in [0.2, 0.25) is 0 Å². The molecule has 0 atom stereocenters. The summed E-state index contributed by atoms with van der Waals surface area (Å²) in [5.74, 6) is 1.71. The van der Waals surface area contributed by atoms with Gasteiger partial charge < -0.3 is 14.5 Å². The van der Waals surface area contributed by atoms with Gasteiger partial charge in [0.25, 0.3) is 0 Å². The highest BCUT2D eigenvalue weighted by atomic mass is 16.5. The SMILES string of the molecule is CC1(C)c2ccccc2N2c3ccc(N(c4cccc(-c5ccccc5)c4)c4cccc5ccccc45)cc3Oc3c(-c4ccccc4)ccc1c32. The third-order valence-electron chi connectivity index (χ3n) is 10.8. The van der Waals surface area contributed by atoms with Crippen LogP contribution in [0, 0.1) is 0 Å². The van der Waals surface area contributed by atoms with Gasteiger partial charge in [0, 0.05) is 28.1 Å². The Labute approximate surface area is 304 Å². The van der Waals surface area contributed by atoms with E-state index in [1.54, 1.807) is 0 Å². The summed E-state index contributed by atoms with van der Waals surface area (Å²) >= 11 is 0. The van der Waals surface area contributed by atoms with Gasteiger partial charge >= 0.3 is 0 Å². The number of fused-ring (bicyclic) bond motifs is 5. The average molecular weight is 669 g/mol. The van der Waals surface area contributed by atoms with E-state index in [2.05, 4.69) is 206 Å². The molecule has 52 heavy (non-hydrogen) atoms. The monoisotopic (exact) mass is 668 g/mol. The Balaban J connectivity index is 1.21. The zero-order chi connectivity index (χ0) is 34.8. The second kappa shape index (κ2) is 11.8. The van der Waals surface area contributed by atoms with Gasteiger partial charge in [-0.1, -0.05) is 153 Å². The Morgan fingerprint density at radius 1 is 0.500 bits per heavy atom. The lowest BCUT2D eigenvalue weighted by atomic mass is 9.72. The van der Waals surface area contributed by atoms with E-state index >= 15 is 0 Å². The van der Waals surface area contributed by atoms with Crippen LogP contribution in [0.15, 0.2) is 182 Å². The van der Waals surface area contributed by atoms with E-state index in [4.69, 9.17) is 4.74 Å². The summed E-state index contributed by atoms with van der Waals surface area (Å²) in [6.45, 7) is 4.65. The molecule has 0 fully saturated rings. The molecule has 0 amide bonds. The molecule has 0 saturated heterocycles. The number of ether oxygens (including phenoxy) is 1. The summed E-state index contributed by atoms with van der Waals surface area (Å²) in [7, 11) is 0. The first kappa shape index (κ1) is 30.3. The van der Waals surface area contributed by atoms with Crippen LogP contribution in [-0.4, -0.2) is 0 Å². The van der Waals surface area contributed by atoms with Crippen LogP contribution in [0.5, 0.6) is 11.5 Å². The van der Waals surface area contributed by atoms with Gasteiger partial charge in [-0.3, -0.25) is 0 Å². The predicted octanol–water partition coefficient (Wildman–Crippen LogP) is 13.9. The molecule has 0 saturated carbocycles. The van der Waals surface area contributed by atoms with Gasteiger partial charge in [-0.2, -0.15) is 0 Å². The van der Waals surface area contributed by atoms with E-state index in [9.17, 15) is 0 Å². The van der Waals surface area contributed by atoms with E-state index in [1.165, 1.54) is 38.7 Å². The zero-order valence-corrected chi connectivity index (χ0v) is 29.1. The third-order valence-corrected chi connectivity index (χ3v) is 10.8. The second-order valence-electron chi connectivity index (χ2n) is 14.2. The molecule has 0 aliphatic carbocycles. The van der Waals surface area contributed by atoms with Crippen molar-refractivity contribution in [2.45, 2.75) is 19.3 Å². The van der Waals surface area contributed by atoms with Gasteiger partial charge in [0.2, 0.25) is 0 Å². The Bertz CT molecular complexity index is 2640. The minimum Gasteiger partial charge on any atom is -0.452 e. The molecule has 8 aromatic carbocycles. The number of hydrogen-bond acceptors (Lipinski definition) is 3. The molecule has 8 aromatic rings. The molecule has 0 aromatic heterocycles. The van der Waals surface area contributed by atoms with Crippen LogP contribution in [0.1, 0.15) is 25.0 Å². The van der Waals surface area contributed by atoms with Crippen LogP contribution in [-0.2, 0) is 5.41 Å². The Morgan fingerprint density at radius 2 is 1.17 bits per heavy atom. The van der Waals surface area contributed by atoms with Gasteiger partial charge in [0.05, 0.1) is 28.4 Å². The van der Waals surface area contributed by atoms with Crippen molar-refractivity contribution in [1.82, 2.24) is 0 Å². The van der Waals surface area contributed by atoms with E-state index < -0.39 is 0 Å². The van der Waals surface area contributed by atoms with Gasteiger partial charge in [-0.15, -0.1) is 0 Å². The van der Waals surface area contributed by atoms with Crippen molar-refractivity contribution in [1.29, 1.82) is 0 Å². The summed E-state index contributed by atoms with van der Waals surface area (Å²) in [6.07, 6.45) is 0. The van der Waals surface area contributed by atoms with Gasteiger partial charge in [-0.25, -0.2) is 0 Å². The summed E-state index contributed by atoms with van der Waals surface area (Å²) in [5.41, 5.74) is 13.4. The lowest BCUT2D eigenvalue weighted by molar-refractivity contribution is 0.473. The first-order chi connectivity index (χ1) is 25.6. The lowest BCUT2D eigenvalue weighted by Gasteiger charge is -2.45. The maximum atomic E-state index is 7.19. The van der Waals surface area contributed by atoms with E-state index in [0.29, 0.717) is 0 Å². The number of benzene rings is 8. The van der Waals surface area contributed by atoms with Crippen LogP contribution in [0.4, 0.5) is 34.1 Å². The zero-order valence-electron chi connectivity index (χ0n) is 29.1. The summed E-state index contributed by atoms with van der Waals surface area (Å²) in [5, 5.41) is 2.38. The van der Waals surface area contributed by atoms with Crippen molar-refractivity contribution < 1.29 is 4.74 Å². The molecular weight excluding hydrogens is 633 g/mol. The van der Waals surface area contributed by atoms with Gasteiger partial charge in [0.15, 0.2) is 11.5 Å². The molecule has 2 heterocycles. The average Bonchev–Trinajstić information content (AvgIpc) is 3.20. The molecule has 0 bridgehead atoms. The second-order valence-corrected chi connectivity index (χ2v) is 14.2. The number of nitrogens with zero attached hydrogens (tertiary/aromatic N) is 2. The fraction of sp³-hybridized carbons (Fsp3) is 0.0612. The molecule has 10 rings (SSSR count). The fourth-order valence-corrected chi connectivity index (χ4v) is 8.26.